The van der Waals surface area contributed by atoms with Crippen molar-refractivity contribution < 1.29 is 14.3 Å². The maximum absolute atomic E-state index is 12.8. The number of fused-ring (bicyclic) bond motifs is 4. The predicted octanol–water partition coefficient (Wildman–Crippen LogP) is 2.52. The number of aromatic nitrogens is 1. The lowest BCUT2D eigenvalue weighted by Crippen LogP contribution is -2.48. The molecule has 1 aromatic carbocycles. The number of carbonyl (C=O) groups excluding carboxylic acids is 1. The first-order chi connectivity index (χ1) is 13.6. The maximum atomic E-state index is 12.8. The number of benzene rings is 1. The van der Waals surface area contributed by atoms with Crippen molar-refractivity contribution in [2.45, 2.75) is 18.9 Å². The number of pyridine rings is 1. The topological polar surface area (TPSA) is 60.8 Å². The lowest BCUT2D eigenvalue weighted by molar-refractivity contribution is -0.128. The second-order valence-corrected chi connectivity index (χ2v) is 7.39. The first-order valence-electron chi connectivity index (χ1n) is 9.48. The SMILES string of the molecule is COc1ccc(/C=C/C(=O)N2C[C@H]3C[C@@H](C2)c2cccc(=O)n2C3)cc1OC. The Bertz CT molecular complexity index is 979. The van der Waals surface area contributed by atoms with Gasteiger partial charge in [0.1, 0.15) is 0 Å². The van der Waals surface area contributed by atoms with Gasteiger partial charge >= 0.3 is 0 Å². The fourth-order valence-corrected chi connectivity index (χ4v) is 4.31. The molecule has 2 bridgehead atoms. The molecule has 1 fully saturated rings. The summed E-state index contributed by atoms with van der Waals surface area (Å²) in [5.74, 6) is 1.83. The van der Waals surface area contributed by atoms with Crippen molar-refractivity contribution in [3.05, 3.63) is 64.1 Å². The molecule has 0 unspecified atom stereocenters. The highest BCUT2D eigenvalue weighted by atomic mass is 16.5. The highest BCUT2D eigenvalue weighted by molar-refractivity contribution is 5.92. The number of carbonyl (C=O) groups is 1. The molecule has 2 aromatic rings. The Hall–Kier alpha value is -3.02. The van der Waals surface area contributed by atoms with Crippen molar-refractivity contribution in [3.8, 4) is 11.5 Å². The molecule has 6 heteroatoms. The van der Waals surface area contributed by atoms with Crippen molar-refractivity contribution in [2.24, 2.45) is 5.92 Å². The van der Waals surface area contributed by atoms with Crippen LogP contribution in [0, 0.1) is 5.92 Å². The van der Waals surface area contributed by atoms with Gasteiger partial charge in [0.15, 0.2) is 11.5 Å². The van der Waals surface area contributed by atoms with Gasteiger partial charge in [-0.1, -0.05) is 12.1 Å². The Morgan fingerprint density at radius 1 is 1.07 bits per heavy atom. The molecule has 1 aromatic heterocycles. The zero-order chi connectivity index (χ0) is 19.7. The molecular formula is C22H24N2O4. The van der Waals surface area contributed by atoms with Crippen LogP contribution in [-0.2, 0) is 11.3 Å². The predicted molar refractivity (Wildman–Crippen MR) is 107 cm³/mol. The standard InChI is InChI=1S/C22H24N2O4/c1-27-19-8-6-15(11-20(19)28-2)7-9-21(25)23-12-16-10-17(14-23)18-4-3-5-22(26)24(18)13-16/h3-9,11,16-17H,10,12-14H2,1-2H3/b9-7+/t16-,17+/m1/s1. The first kappa shape index (κ1) is 18.3. The summed E-state index contributed by atoms with van der Waals surface area (Å²) in [6.07, 6.45) is 4.44. The summed E-state index contributed by atoms with van der Waals surface area (Å²) in [6.45, 7) is 2.02. The van der Waals surface area contributed by atoms with Crippen LogP contribution in [0.3, 0.4) is 0 Å². The largest absolute Gasteiger partial charge is 0.493 e. The van der Waals surface area contributed by atoms with E-state index >= 15 is 0 Å². The molecule has 1 amide bonds. The van der Waals surface area contributed by atoms with Gasteiger partial charge in [0.05, 0.1) is 14.2 Å². The molecule has 0 N–H and O–H groups in total. The first-order valence-corrected chi connectivity index (χ1v) is 9.48. The van der Waals surface area contributed by atoms with Crippen LogP contribution in [0.1, 0.15) is 23.6 Å². The quantitative estimate of drug-likeness (QED) is 0.765. The minimum atomic E-state index is -0.00351. The van der Waals surface area contributed by atoms with Gasteiger partial charge in [-0.15, -0.1) is 0 Å². The summed E-state index contributed by atoms with van der Waals surface area (Å²) < 4.78 is 12.4. The number of hydrogen-bond acceptors (Lipinski definition) is 4. The minimum absolute atomic E-state index is 0.00351. The highest BCUT2D eigenvalue weighted by Crippen LogP contribution is 2.35. The molecule has 3 heterocycles. The van der Waals surface area contributed by atoms with Crippen LogP contribution in [0.25, 0.3) is 6.08 Å². The van der Waals surface area contributed by atoms with Gasteiger partial charge in [0.25, 0.3) is 5.56 Å². The molecular weight excluding hydrogens is 356 g/mol. The van der Waals surface area contributed by atoms with Crippen molar-refractivity contribution >= 4 is 12.0 Å². The summed E-state index contributed by atoms with van der Waals surface area (Å²) in [5, 5.41) is 0. The summed E-state index contributed by atoms with van der Waals surface area (Å²) >= 11 is 0. The molecule has 0 radical (unpaired) electrons. The Labute approximate surface area is 164 Å². The fraction of sp³-hybridized carbons (Fsp3) is 0.364. The number of likely N-dealkylation sites (tertiary alicyclic amines) is 1. The summed E-state index contributed by atoms with van der Waals surface area (Å²) in [5.41, 5.74) is 1.98. The van der Waals surface area contributed by atoms with Crippen LogP contribution in [0.5, 0.6) is 11.5 Å². The van der Waals surface area contributed by atoms with Crippen LogP contribution in [0.15, 0.2) is 47.3 Å². The van der Waals surface area contributed by atoms with Gasteiger partial charge in [-0.05, 0) is 42.2 Å². The van der Waals surface area contributed by atoms with Crippen molar-refractivity contribution in [1.82, 2.24) is 9.47 Å². The molecule has 2 aliphatic rings. The van der Waals surface area contributed by atoms with E-state index in [0.717, 1.165) is 17.7 Å². The molecule has 0 spiro atoms. The molecule has 146 valence electrons. The summed E-state index contributed by atoms with van der Waals surface area (Å²) in [4.78, 5) is 26.8. The normalized spacial score (nSPS) is 20.7. The van der Waals surface area contributed by atoms with Crippen LogP contribution in [-0.4, -0.2) is 42.7 Å². The van der Waals surface area contributed by atoms with Crippen molar-refractivity contribution in [3.63, 3.8) is 0 Å². The molecule has 2 aliphatic heterocycles. The number of methoxy groups -OCH3 is 2. The van der Waals surface area contributed by atoms with Crippen LogP contribution < -0.4 is 15.0 Å². The van der Waals surface area contributed by atoms with E-state index in [4.69, 9.17) is 9.47 Å². The maximum Gasteiger partial charge on any atom is 0.250 e. The third kappa shape index (κ3) is 3.42. The van der Waals surface area contributed by atoms with Gasteiger partial charge in [-0.3, -0.25) is 9.59 Å². The number of amides is 1. The Morgan fingerprint density at radius 2 is 1.89 bits per heavy atom. The van der Waals surface area contributed by atoms with E-state index in [1.165, 1.54) is 0 Å². The van der Waals surface area contributed by atoms with Crippen LogP contribution >= 0.6 is 0 Å². The lowest BCUT2D eigenvalue weighted by atomic mass is 9.83. The zero-order valence-electron chi connectivity index (χ0n) is 16.1. The number of rotatable bonds is 4. The third-order valence-corrected chi connectivity index (χ3v) is 5.62. The van der Waals surface area contributed by atoms with E-state index in [1.807, 2.05) is 39.8 Å². The second kappa shape index (κ2) is 7.54. The minimum Gasteiger partial charge on any atom is -0.493 e. The molecule has 4 rings (SSSR count). The molecule has 0 aliphatic carbocycles. The van der Waals surface area contributed by atoms with Gasteiger partial charge < -0.3 is 18.9 Å². The zero-order valence-corrected chi connectivity index (χ0v) is 16.1. The van der Waals surface area contributed by atoms with Gasteiger partial charge in [0, 0.05) is 43.4 Å². The van der Waals surface area contributed by atoms with Crippen molar-refractivity contribution in [1.29, 1.82) is 0 Å². The van der Waals surface area contributed by atoms with Gasteiger partial charge in [0.2, 0.25) is 5.91 Å². The Balaban J connectivity index is 1.49. The van der Waals surface area contributed by atoms with E-state index in [-0.39, 0.29) is 17.4 Å². The lowest BCUT2D eigenvalue weighted by Gasteiger charge is -2.42. The smallest absolute Gasteiger partial charge is 0.250 e. The van der Waals surface area contributed by atoms with E-state index in [9.17, 15) is 9.59 Å². The molecule has 6 nitrogen and oxygen atoms in total. The molecule has 1 saturated heterocycles. The van der Waals surface area contributed by atoms with Crippen LogP contribution in [0.2, 0.25) is 0 Å². The van der Waals surface area contributed by atoms with Crippen molar-refractivity contribution in [2.75, 3.05) is 27.3 Å². The monoisotopic (exact) mass is 380 g/mol. The van der Waals surface area contributed by atoms with E-state index in [2.05, 4.69) is 0 Å². The number of piperidine rings is 1. The van der Waals surface area contributed by atoms with Crippen LogP contribution in [0.4, 0.5) is 0 Å². The number of nitrogens with zero attached hydrogens (tertiary/aromatic N) is 2. The van der Waals surface area contributed by atoms with E-state index in [1.54, 1.807) is 32.4 Å². The Kier molecular flexibility index (Phi) is 4.94. The van der Waals surface area contributed by atoms with E-state index < -0.39 is 0 Å². The fourth-order valence-electron chi connectivity index (χ4n) is 4.31. The Morgan fingerprint density at radius 3 is 2.68 bits per heavy atom. The molecule has 28 heavy (non-hydrogen) atoms. The average molecular weight is 380 g/mol. The number of hydrogen-bond donors (Lipinski definition) is 0. The molecule has 2 atom stereocenters. The highest BCUT2D eigenvalue weighted by Gasteiger charge is 2.35. The summed E-state index contributed by atoms with van der Waals surface area (Å²) in [6, 6.07) is 11.0. The number of ether oxygens (including phenoxy) is 2. The second-order valence-electron chi connectivity index (χ2n) is 7.39. The third-order valence-electron chi connectivity index (χ3n) is 5.62. The average Bonchev–Trinajstić information content (AvgIpc) is 2.72. The van der Waals surface area contributed by atoms with E-state index in [0.29, 0.717) is 37.1 Å². The van der Waals surface area contributed by atoms with Gasteiger partial charge in [-0.25, -0.2) is 0 Å². The summed E-state index contributed by atoms with van der Waals surface area (Å²) in [7, 11) is 3.18. The van der Waals surface area contributed by atoms with Gasteiger partial charge in [-0.2, -0.15) is 0 Å². The molecule has 0 saturated carbocycles.